The number of hydrogen-bond acceptors (Lipinski definition) is 7. The van der Waals surface area contributed by atoms with Crippen molar-refractivity contribution in [2.75, 3.05) is 20.8 Å². The molecule has 124 valence electrons. The van der Waals surface area contributed by atoms with Gasteiger partial charge in [0.25, 0.3) is 0 Å². The van der Waals surface area contributed by atoms with Crippen molar-refractivity contribution in [1.29, 1.82) is 0 Å². The van der Waals surface area contributed by atoms with Crippen LogP contribution >= 0.6 is 0 Å². The van der Waals surface area contributed by atoms with E-state index in [1.807, 2.05) is 0 Å². The van der Waals surface area contributed by atoms with Crippen molar-refractivity contribution in [3.63, 3.8) is 0 Å². The average Bonchev–Trinajstić information content (AvgIpc) is 2.51. The van der Waals surface area contributed by atoms with Crippen molar-refractivity contribution in [2.24, 2.45) is 0 Å². The van der Waals surface area contributed by atoms with Gasteiger partial charge in [-0.2, -0.15) is 0 Å². The molecule has 1 rings (SSSR count). The van der Waals surface area contributed by atoms with Crippen molar-refractivity contribution in [3.8, 4) is 11.5 Å². The van der Waals surface area contributed by atoms with E-state index in [0.717, 1.165) is 0 Å². The van der Waals surface area contributed by atoms with Crippen molar-refractivity contribution < 1.29 is 33.3 Å². The zero-order valence-corrected chi connectivity index (χ0v) is 13.2. The van der Waals surface area contributed by atoms with Gasteiger partial charge >= 0.3 is 17.9 Å². The summed E-state index contributed by atoms with van der Waals surface area (Å²) in [4.78, 5) is 34.2. The van der Waals surface area contributed by atoms with Gasteiger partial charge in [0, 0.05) is 5.57 Å². The van der Waals surface area contributed by atoms with E-state index < -0.39 is 24.5 Å². The summed E-state index contributed by atoms with van der Waals surface area (Å²) in [6, 6.07) is 4.89. The summed E-state index contributed by atoms with van der Waals surface area (Å²) < 4.78 is 19.3. The SMILES string of the molecule is C=C(C)C(=O)OCC(=O)OC(=O)Cc1ccc(OC)c(OC)c1. The minimum atomic E-state index is -0.954. The highest BCUT2D eigenvalue weighted by Crippen LogP contribution is 2.27. The molecule has 0 saturated carbocycles. The van der Waals surface area contributed by atoms with E-state index in [2.05, 4.69) is 16.1 Å². The van der Waals surface area contributed by atoms with Gasteiger partial charge in [-0.25, -0.2) is 9.59 Å². The maximum absolute atomic E-state index is 11.7. The summed E-state index contributed by atoms with van der Waals surface area (Å²) in [6.45, 7) is 4.16. The molecule has 0 spiro atoms. The second kappa shape index (κ2) is 8.57. The molecule has 1 aromatic carbocycles. The van der Waals surface area contributed by atoms with Gasteiger partial charge in [-0.15, -0.1) is 0 Å². The molecule has 0 radical (unpaired) electrons. The van der Waals surface area contributed by atoms with Crippen LogP contribution in [0.1, 0.15) is 12.5 Å². The third kappa shape index (κ3) is 5.82. The van der Waals surface area contributed by atoms with Crippen LogP contribution in [-0.2, 0) is 30.3 Å². The van der Waals surface area contributed by atoms with Gasteiger partial charge in [0.1, 0.15) is 0 Å². The molecule has 0 aromatic heterocycles. The van der Waals surface area contributed by atoms with Crippen LogP contribution in [0.4, 0.5) is 0 Å². The Morgan fingerprint density at radius 2 is 1.70 bits per heavy atom. The summed E-state index contributed by atoms with van der Waals surface area (Å²) in [5.74, 6) is -1.47. The zero-order valence-electron chi connectivity index (χ0n) is 13.2. The molecule has 0 amide bonds. The van der Waals surface area contributed by atoms with Gasteiger partial charge in [0.2, 0.25) is 0 Å². The first-order valence-corrected chi connectivity index (χ1v) is 6.64. The Morgan fingerprint density at radius 3 is 2.26 bits per heavy atom. The number of hydrogen-bond donors (Lipinski definition) is 0. The Morgan fingerprint density at radius 1 is 1.04 bits per heavy atom. The fraction of sp³-hybridized carbons (Fsp3) is 0.312. The van der Waals surface area contributed by atoms with E-state index in [4.69, 9.17) is 9.47 Å². The van der Waals surface area contributed by atoms with Crippen LogP contribution in [0.3, 0.4) is 0 Å². The standard InChI is InChI=1S/C16H18O7/c1-10(2)16(19)22-9-15(18)23-14(17)8-11-5-6-12(20-3)13(7-11)21-4/h5-7H,1,8-9H2,2-4H3. The smallest absolute Gasteiger partial charge is 0.351 e. The molecule has 0 heterocycles. The molecule has 0 N–H and O–H groups in total. The molecule has 0 atom stereocenters. The minimum absolute atomic E-state index is 0.138. The van der Waals surface area contributed by atoms with Gasteiger partial charge in [-0.1, -0.05) is 12.6 Å². The quantitative estimate of drug-likeness (QED) is 0.426. The molecule has 1 aromatic rings. The predicted molar refractivity (Wildman–Crippen MR) is 80.1 cm³/mol. The van der Waals surface area contributed by atoms with Crippen LogP contribution in [0.2, 0.25) is 0 Å². The molecule has 7 nitrogen and oxygen atoms in total. The summed E-state index contributed by atoms with van der Waals surface area (Å²) in [5.41, 5.74) is 0.730. The molecule has 0 aliphatic heterocycles. The number of rotatable bonds is 7. The molecular formula is C16H18O7. The van der Waals surface area contributed by atoms with Crippen LogP contribution in [0, 0.1) is 0 Å². The number of ether oxygens (including phenoxy) is 4. The summed E-state index contributed by atoms with van der Waals surface area (Å²) >= 11 is 0. The lowest BCUT2D eigenvalue weighted by molar-refractivity contribution is -0.165. The monoisotopic (exact) mass is 322 g/mol. The van der Waals surface area contributed by atoms with Gasteiger partial charge in [-0.05, 0) is 24.6 Å². The van der Waals surface area contributed by atoms with Crippen LogP contribution in [0.15, 0.2) is 30.4 Å². The molecule has 0 aliphatic rings. The van der Waals surface area contributed by atoms with E-state index in [0.29, 0.717) is 17.1 Å². The maximum atomic E-state index is 11.7. The van der Waals surface area contributed by atoms with Crippen LogP contribution in [-0.4, -0.2) is 38.7 Å². The molecule has 0 fully saturated rings. The Kier molecular flexibility index (Phi) is 6.79. The van der Waals surface area contributed by atoms with Gasteiger partial charge in [0.15, 0.2) is 18.1 Å². The minimum Gasteiger partial charge on any atom is -0.493 e. The van der Waals surface area contributed by atoms with Crippen LogP contribution in [0.5, 0.6) is 11.5 Å². The highest BCUT2D eigenvalue weighted by Gasteiger charge is 2.15. The Hall–Kier alpha value is -2.83. The van der Waals surface area contributed by atoms with E-state index in [1.54, 1.807) is 18.2 Å². The van der Waals surface area contributed by atoms with Crippen molar-refractivity contribution in [1.82, 2.24) is 0 Å². The fourth-order valence-corrected chi connectivity index (χ4v) is 1.60. The molecule has 0 aliphatic carbocycles. The van der Waals surface area contributed by atoms with E-state index in [-0.39, 0.29) is 12.0 Å². The molecule has 0 bridgehead atoms. The first kappa shape index (κ1) is 18.2. The summed E-state index contributed by atoms with van der Waals surface area (Å²) in [5, 5.41) is 0. The number of methoxy groups -OCH3 is 2. The fourth-order valence-electron chi connectivity index (χ4n) is 1.60. The van der Waals surface area contributed by atoms with Crippen molar-refractivity contribution in [2.45, 2.75) is 13.3 Å². The third-order valence-corrected chi connectivity index (χ3v) is 2.69. The van der Waals surface area contributed by atoms with Crippen molar-refractivity contribution >= 4 is 17.9 Å². The number of carbonyl (C=O) groups is 3. The lowest BCUT2D eigenvalue weighted by Crippen LogP contribution is -2.21. The molecule has 23 heavy (non-hydrogen) atoms. The highest BCUT2D eigenvalue weighted by atomic mass is 16.6. The Bertz CT molecular complexity index is 619. The summed E-state index contributed by atoms with van der Waals surface area (Å²) in [7, 11) is 2.97. The highest BCUT2D eigenvalue weighted by molar-refractivity contribution is 5.91. The Balaban J connectivity index is 2.55. The number of esters is 3. The van der Waals surface area contributed by atoms with Gasteiger partial charge in [-0.3, -0.25) is 4.79 Å². The Labute approximate surface area is 133 Å². The lowest BCUT2D eigenvalue weighted by atomic mass is 10.1. The van der Waals surface area contributed by atoms with Gasteiger partial charge < -0.3 is 18.9 Å². The molecule has 7 heteroatoms. The average molecular weight is 322 g/mol. The zero-order chi connectivity index (χ0) is 17.4. The largest absolute Gasteiger partial charge is 0.493 e. The normalized spacial score (nSPS) is 9.70. The molecule has 0 unspecified atom stereocenters. The first-order chi connectivity index (χ1) is 10.9. The predicted octanol–water partition coefficient (Wildman–Crippen LogP) is 1.44. The molecule has 0 saturated heterocycles. The lowest BCUT2D eigenvalue weighted by Gasteiger charge is -2.09. The maximum Gasteiger partial charge on any atom is 0.351 e. The van der Waals surface area contributed by atoms with Crippen molar-refractivity contribution in [3.05, 3.63) is 35.9 Å². The molecular weight excluding hydrogens is 304 g/mol. The second-order valence-electron chi connectivity index (χ2n) is 4.57. The van der Waals surface area contributed by atoms with Crippen LogP contribution in [0.25, 0.3) is 0 Å². The number of carbonyl (C=O) groups excluding carboxylic acids is 3. The first-order valence-electron chi connectivity index (χ1n) is 6.64. The third-order valence-electron chi connectivity index (χ3n) is 2.69. The van der Waals surface area contributed by atoms with Gasteiger partial charge in [0.05, 0.1) is 20.6 Å². The summed E-state index contributed by atoms with van der Waals surface area (Å²) in [6.07, 6.45) is -0.138. The van der Waals surface area contributed by atoms with E-state index in [1.165, 1.54) is 21.1 Å². The topological polar surface area (TPSA) is 88.1 Å². The van der Waals surface area contributed by atoms with E-state index in [9.17, 15) is 14.4 Å². The number of benzene rings is 1. The second-order valence-corrected chi connectivity index (χ2v) is 4.57. The van der Waals surface area contributed by atoms with E-state index >= 15 is 0 Å². The van der Waals surface area contributed by atoms with Crippen LogP contribution < -0.4 is 9.47 Å².